The summed E-state index contributed by atoms with van der Waals surface area (Å²) >= 11 is 2.99. The molecule has 0 aromatic heterocycles. The molecule has 0 aliphatic heterocycles. The molecule has 2 rings (SSSR count). The zero-order chi connectivity index (χ0) is 20.2. The number of rotatable bonds is 6. The van der Waals surface area contributed by atoms with Gasteiger partial charge in [0.1, 0.15) is 12.1 Å². The van der Waals surface area contributed by atoms with Crippen molar-refractivity contribution in [2.75, 3.05) is 13.6 Å². The summed E-state index contributed by atoms with van der Waals surface area (Å²) in [7, 11) is 1.44. The number of likely N-dealkylation sites (N-methyl/N-ethyl adjacent to an activating group) is 1. The maximum absolute atomic E-state index is 13.1. The number of nitrogens with zero attached hydrogens (tertiary/aromatic N) is 1. The SMILES string of the molecule is CN(C[C@@H](CC=O)c1ccc(F)cc1)C(=O)c1cc(Br)cc(C(F)(F)F)c1. The van der Waals surface area contributed by atoms with Gasteiger partial charge < -0.3 is 9.69 Å². The molecule has 0 saturated heterocycles. The molecule has 2 aromatic carbocycles. The fraction of sp³-hybridized carbons (Fsp3) is 0.263. The van der Waals surface area contributed by atoms with Gasteiger partial charge in [-0.1, -0.05) is 28.1 Å². The Labute approximate surface area is 162 Å². The van der Waals surface area contributed by atoms with Crippen LogP contribution in [0.25, 0.3) is 0 Å². The third-order valence-electron chi connectivity index (χ3n) is 4.04. The highest BCUT2D eigenvalue weighted by Gasteiger charge is 2.32. The lowest BCUT2D eigenvalue weighted by Gasteiger charge is -2.24. The highest BCUT2D eigenvalue weighted by atomic mass is 79.9. The summed E-state index contributed by atoms with van der Waals surface area (Å²) in [5.74, 6) is -1.44. The Kier molecular flexibility index (Phi) is 6.75. The van der Waals surface area contributed by atoms with E-state index in [0.29, 0.717) is 11.8 Å². The van der Waals surface area contributed by atoms with Gasteiger partial charge in [-0.2, -0.15) is 13.2 Å². The van der Waals surface area contributed by atoms with Gasteiger partial charge in [0.25, 0.3) is 5.91 Å². The number of hydrogen-bond donors (Lipinski definition) is 0. The number of carbonyl (C=O) groups is 2. The Bertz CT molecular complexity index is 821. The predicted octanol–water partition coefficient (Wildman–Crippen LogP) is 5.05. The van der Waals surface area contributed by atoms with Crippen LogP contribution in [0.5, 0.6) is 0 Å². The Morgan fingerprint density at radius 2 is 1.81 bits per heavy atom. The summed E-state index contributed by atoms with van der Waals surface area (Å²) in [5, 5.41) is 0. The molecule has 0 radical (unpaired) electrons. The van der Waals surface area contributed by atoms with E-state index < -0.39 is 29.4 Å². The quantitative estimate of drug-likeness (QED) is 0.460. The lowest BCUT2D eigenvalue weighted by molar-refractivity contribution is -0.137. The van der Waals surface area contributed by atoms with E-state index in [0.717, 1.165) is 12.1 Å². The van der Waals surface area contributed by atoms with Gasteiger partial charge in [0.05, 0.1) is 5.56 Å². The molecule has 27 heavy (non-hydrogen) atoms. The van der Waals surface area contributed by atoms with Gasteiger partial charge in [-0.15, -0.1) is 0 Å². The molecular formula is C19H16BrF4NO2. The predicted molar refractivity (Wildman–Crippen MR) is 95.9 cm³/mol. The lowest BCUT2D eigenvalue weighted by atomic mass is 9.95. The summed E-state index contributed by atoms with van der Waals surface area (Å²) in [6.07, 6.45) is -3.80. The van der Waals surface area contributed by atoms with Crippen LogP contribution in [0.4, 0.5) is 17.6 Å². The molecule has 0 unspecified atom stereocenters. The molecule has 3 nitrogen and oxygen atoms in total. The summed E-state index contributed by atoms with van der Waals surface area (Å²) in [6, 6.07) is 8.52. The van der Waals surface area contributed by atoms with E-state index in [1.807, 2.05) is 0 Å². The van der Waals surface area contributed by atoms with Gasteiger partial charge in [0.15, 0.2) is 0 Å². The molecule has 0 aliphatic carbocycles. The van der Waals surface area contributed by atoms with Gasteiger partial charge in [0, 0.05) is 36.0 Å². The van der Waals surface area contributed by atoms with Crippen LogP contribution >= 0.6 is 15.9 Å². The number of aldehydes is 1. The number of carbonyl (C=O) groups excluding carboxylic acids is 2. The van der Waals surface area contributed by atoms with E-state index in [1.165, 1.54) is 42.3 Å². The molecule has 0 heterocycles. The van der Waals surface area contributed by atoms with Crippen LogP contribution in [0, 0.1) is 5.82 Å². The van der Waals surface area contributed by atoms with Crippen LogP contribution in [0.1, 0.15) is 33.8 Å². The number of halogens is 5. The normalized spacial score (nSPS) is 12.5. The summed E-state index contributed by atoms with van der Waals surface area (Å²) in [5.41, 5.74) is -0.395. The summed E-state index contributed by atoms with van der Waals surface area (Å²) in [6.45, 7) is 0.0943. The highest BCUT2D eigenvalue weighted by molar-refractivity contribution is 9.10. The van der Waals surface area contributed by atoms with Crippen LogP contribution < -0.4 is 0 Å². The maximum atomic E-state index is 13.1. The summed E-state index contributed by atoms with van der Waals surface area (Å²) in [4.78, 5) is 24.8. The first kappa shape index (κ1) is 21.1. The first-order valence-electron chi connectivity index (χ1n) is 7.94. The fourth-order valence-corrected chi connectivity index (χ4v) is 3.17. The van der Waals surface area contributed by atoms with Crippen molar-refractivity contribution in [2.45, 2.75) is 18.5 Å². The van der Waals surface area contributed by atoms with Crippen molar-refractivity contribution in [3.8, 4) is 0 Å². The number of amides is 1. The van der Waals surface area contributed by atoms with Crippen molar-refractivity contribution in [3.05, 3.63) is 69.4 Å². The van der Waals surface area contributed by atoms with E-state index in [9.17, 15) is 27.2 Å². The Hall–Kier alpha value is -2.22. The molecule has 0 saturated carbocycles. The van der Waals surface area contributed by atoms with Crippen molar-refractivity contribution < 1.29 is 27.2 Å². The number of hydrogen-bond acceptors (Lipinski definition) is 2. The van der Waals surface area contributed by atoms with E-state index in [2.05, 4.69) is 15.9 Å². The third-order valence-corrected chi connectivity index (χ3v) is 4.49. The molecule has 8 heteroatoms. The van der Waals surface area contributed by atoms with Crippen LogP contribution in [0.2, 0.25) is 0 Å². The Morgan fingerprint density at radius 3 is 2.37 bits per heavy atom. The minimum Gasteiger partial charge on any atom is -0.341 e. The standard InChI is InChI=1S/C19H16BrF4NO2/c1-25(11-13(6-7-26)12-2-4-17(21)5-3-12)18(27)14-8-15(19(22,23)24)10-16(20)9-14/h2-5,7-10,13H,6,11H2,1H3/t13-/m1/s1. The average Bonchev–Trinajstić information content (AvgIpc) is 2.60. The van der Waals surface area contributed by atoms with E-state index in [-0.39, 0.29) is 23.0 Å². The molecular weight excluding hydrogens is 430 g/mol. The molecule has 1 atom stereocenters. The van der Waals surface area contributed by atoms with Crippen LogP contribution in [-0.4, -0.2) is 30.7 Å². The van der Waals surface area contributed by atoms with Gasteiger partial charge >= 0.3 is 6.18 Å². The first-order valence-corrected chi connectivity index (χ1v) is 8.73. The zero-order valence-electron chi connectivity index (χ0n) is 14.3. The minimum absolute atomic E-state index is 0.0928. The second kappa shape index (κ2) is 8.65. The lowest BCUT2D eigenvalue weighted by Crippen LogP contribution is -2.31. The van der Waals surface area contributed by atoms with E-state index >= 15 is 0 Å². The third kappa shape index (κ3) is 5.63. The number of alkyl halides is 3. The Morgan fingerprint density at radius 1 is 1.19 bits per heavy atom. The van der Waals surface area contributed by atoms with Crippen molar-refractivity contribution >= 4 is 28.1 Å². The van der Waals surface area contributed by atoms with Crippen molar-refractivity contribution in [1.29, 1.82) is 0 Å². The maximum Gasteiger partial charge on any atom is 0.416 e. The molecule has 0 bridgehead atoms. The van der Waals surface area contributed by atoms with Crippen LogP contribution in [0.15, 0.2) is 46.9 Å². The molecule has 2 aromatic rings. The topological polar surface area (TPSA) is 37.4 Å². The smallest absolute Gasteiger partial charge is 0.341 e. The monoisotopic (exact) mass is 445 g/mol. The molecule has 0 aliphatic rings. The van der Waals surface area contributed by atoms with E-state index in [4.69, 9.17) is 0 Å². The highest BCUT2D eigenvalue weighted by Crippen LogP contribution is 2.32. The van der Waals surface area contributed by atoms with E-state index in [1.54, 1.807) is 0 Å². The average molecular weight is 446 g/mol. The molecule has 0 fully saturated rings. The number of benzene rings is 2. The van der Waals surface area contributed by atoms with Crippen molar-refractivity contribution in [3.63, 3.8) is 0 Å². The Balaban J connectivity index is 2.24. The molecule has 0 spiro atoms. The van der Waals surface area contributed by atoms with Crippen molar-refractivity contribution in [2.24, 2.45) is 0 Å². The minimum atomic E-state index is -4.58. The van der Waals surface area contributed by atoms with Gasteiger partial charge in [-0.05, 0) is 35.9 Å². The first-order chi connectivity index (χ1) is 12.6. The molecule has 144 valence electrons. The van der Waals surface area contributed by atoms with Gasteiger partial charge in [-0.3, -0.25) is 4.79 Å². The molecule has 1 amide bonds. The van der Waals surface area contributed by atoms with Gasteiger partial charge in [0.2, 0.25) is 0 Å². The zero-order valence-corrected chi connectivity index (χ0v) is 15.8. The van der Waals surface area contributed by atoms with Crippen LogP contribution in [-0.2, 0) is 11.0 Å². The fourth-order valence-electron chi connectivity index (χ4n) is 2.68. The van der Waals surface area contributed by atoms with Gasteiger partial charge in [-0.25, -0.2) is 4.39 Å². The largest absolute Gasteiger partial charge is 0.416 e. The second-order valence-corrected chi connectivity index (χ2v) is 6.98. The molecule has 0 N–H and O–H groups in total. The second-order valence-electron chi connectivity index (χ2n) is 6.06. The van der Waals surface area contributed by atoms with Crippen molar-refractivity contribution in [1.82, 2.24) is 4.90 Å². The van der Waals surface area contributed by atoms with Crippen LogP contribution in [0.3, 0.4) is 0 Å². The summed E-state index contributed by atoms with van der Waals surface area (Å²) < 4.78 is 52.1.